The Hall–Kier alpha value is -1.80. The van der Waals surface area contributed by atoms with Gasteiger partial charge in [0.2, 0.25) is 10.9 Å². The van der Waals surface area contributed by atoms with Crippen LogP contribution < -0.4 is 5.56 Å². The summed E-state index contributed by atoms with van der Waals surface area (Å²) in [6.07, 6.45) is 3.65. The van der Waals surface area contributed by atoms with E-state index < -0.39 is 0 Å². The zero-order valence-corrected chi connectivity index (χ0v) is 16.3. The molecule has 1 amide bonds. The molecule has 1 aliphatic carbocycles. The van der Waals surface area contributed by atoms with Crippen molar-refractivity contribution < 1.29 is 4.79 Å². The molecule has 2 aromatic rings. The number of likely N-dealkylation sites (tertiary alicyclic amines) is 1. The van der Waals surface area contributed by atoms with Gasteiger partial charge in [-0.3, -0.25) is 14.5 Å². The third-order valence-electron chi connectivity index (χ3n) is 5.86. The topological polar surface area (TPSA) is 70.8 Å². The van der Waals surface area contributed by atoms with Gasteiger partial charge in [-0.25, -0.2) is 4.98 Å². The number of piperidine rings is 1. The Morgan fingerprint density at radius 2 is 2.08 bits per heavy atom. The molecule has 0 N–H and O–H groups in total. The molecule has 0 aromatic carbocycles. The molecule has 0 radical (unpaired) electrons. The van der Waals surface area contributed by atoms with Gasteiger partial charge >= 0.3 is 0 Å². The summed E-state index contributed by atoms with van der Waals surface area (Å²) in [5.74, 6) is 1.37. The lowest BCUT2D eigenvalue weighted by Gasteiger charge is -2.31. The van der Waals surface area contributed by atoms with Crippen molar-refractivity contribution in [2.24, 2.45) is 11.8 Å². The highest BCUT2D eigenvalue weighted by molar-refractivity contribution is 7.16. The van der Waals surface area contributed by atoms with Crippen molar-refractivity contribution in [3.63, 3.8) is 0 Å². The van der Waals surface area contributed by atoms with E-state index in [9.17, 15) is 9.59 Å². The number of carbonyl (C=O) groups excluding carboxylic acids is 1. The summed E-state index contributed by atoms with van der Waals surface area (Å²) in [5, 5.41) is 5.23. The standard InChI is InChI=1S/C18H25N5O2S/c1-4-15-20-23-17(25)8-13(19-18(23)26-15)10-21(2)14-5-11-7-16(24)22(3)9-12(11)6-14/h8,11-12,14H,4-7,9-10H2,1-3H3/t11-,12+,14-/m1/s1. The van der Waals surface area contributed by atoms with Gasteiger partial charge in [0.1, 0.15) is 5.01 Å². The summed E-state index contributed by atoms with van der Waals surface area (Å²) in [7, 11) is 4.00. The molecule has 4 rings (SSSR count). The minimum atomic E-state index is -0.110. The van der Waals surface area contributed by atoms with E-state index in [4.69, 9.17) is 0 Å². The Morgan fingerprint density at radius 3 is 2.85 bits per heavy atom. The van der Waals surface area contributed by atoms with E-state index in [1.165, 1.54) is 15.9 Å². The van der Waals surface area contributed by atoms with E-state index in [0.717, 1.165) is 36.5 Å². The van der Waals surface area contributed by atoms with Crippen LogP contribution in [0.4, 0.5) is 0 Å². The van der Waals surface area contributed by atoms with Crippen molar-refractivity contribution in [1.29, 1.82) is 0 Å². The summed E-state index contributed by atoms with van der Waals surface area (Å²) in [5.41, 5.74) is 0.688. The second kappa shape index (κ2) is 6.74. The zero-order chi connectivity index (χ0) is 18.4. The molecule has 2 aliphatic rings. The molecule has 3 heterocycles. The molecule has 2 aromatic heterocycles. The van der Waals surface area contributed by atoms with E-state index in [2.05, 4.69) is 22.0 Å². The Balaban J connectivity index is 1.48. The van der Waals surface area contributed by atoms with Crippen LogP contribution in [0.25, 0.3) is 4.96 Å². The molecule has 0 bridgehead atoms. The molecular formula is C18H25N5O2S. The first kappa shape index (κ1) is 17.6. The maximum Gasteiger partial charge on any atom is 0.275 e. The van der Waals surface area contributed by atoms with Gasteiger partial charge in [0.25, 0.3) is 5.56 Å². The number of rotatable bonds is 4. The molecule has 8 heteroatoms. The summed E-state index contributed by atoms with van der Waals surface area (Å²) in [4.78, 5) is 33.7. The highest BCUT2D eigenvalue weighted by Crippen LogP contribution is 2.40. The number of hydrogen-bond donors (Lipinski definition) is 0. The highest BCUT2D eigenvalue weighted by Gasteiger charge is 2.41. The van der Waals surface area contributed by atoms with Crippen LogP contribution in [0.2, 0.25) is 0 Å². The third kappa shape index (κ3) is 3.16. The molecular weight excluding hydrogens is 350 g/mol. The largest absolute Gasteiger partial charge is 0.345 e. The van der Waals surface area contributed by atoms with Crippen LogP contribution in [0, 0.1) is 11.8 Å². The van der Waals surface area contributed by atoms with Crippen LogP contribution in [0.15, 0.2) is 10.9 Å². The molecule has 140 valence electrons. The number of carbonyl (C=O) groups is 1. The van der Waals surface area contributed by atoms with Crippen molar-refractivity contribution in [2.45, 2.75) is 45.2 Å². The lowest BCUT2D eigenvalue weighted by Crippen LogP contribution is -2.39. The number of hydrogen-bond acceptors (Lipinski definition) is 6. The first-order valence-electron chi connectivity index (χ1n) is 9.27. The van der Waals surface area contributed by atoms with Crippen molar-refractivity contribution in [1.82, 2.24) is 24.4 Å². The Morgan fingerprint density at radius 1 is 1.31 bits per heavy atom. The van der Waals surface area contributed by atoms with Crippen molar-refractivity contribution in [2.75, 3.05) is 20.6 Å². The minimum absolute atomic E-state index is 0.110. The number of nitrogens with zero attached hydrogens (tertiary/aromatic N) is 5. The first-order chi connectivity index (χ1) is 12.4. The van der Waals surface area contributed by atoms with E-state index in [1.54, 1.807) is 6.07 Å². The summed E-state index contributed by atoms with van der Waals surface area (Å²) >= 11 is 1.48. The van der Waals surface area contributed by atoms with Crippen molar-refractivity contribution in [3.8, 4) is 0 Å². The number of amides is 1. The fourth-order valence-electron chi connectivity index (χ4n) is 4.35. The van der Waals surface area contributed by atoms with E-state index in [0.29, 0.717) is 35.8 Å². The second-order valence-electron chi connectivity index (χ2n) is 7.67. The van der Waals surface area contributed by atoms with Gasteiger partial charge in [0.05, 0.1) is 5.69 Å². The van der Waals surface area contributed by atoms with Gasteiger partial charge in [-0.1, -0.05) is 18.3 Å². The van der Waals surface area contributed by atoms with Crippen molar-refractivity contribution >= 4 is 22.2 Å². The predicted octanol–water partition coefficient (Wildman–Crippen LogP) is 1.40. The number of aromatic nitrogens is 3. The van der Waals surface area contributed by atoms with Gasteiger partial charge in [0.15, 0.2) is 0 Å². The normalized spacial score (nSPS) is 26.1. The monoisotopic (exact) mass is 375 g/mol. The molecule has 0 spiro atoms. The van der Waals surface area contributed by atoms with Gasteiger partial charge in [-0.15, -0.1) is 0 Å². The quantitative estimate of drug-likeness (QED) is 0.808. The average molecular weight is 375 g/mol. The highest BCUT2D eigenvalue weighted by atomic mass is 32.1. The summed E-state index contributed by atoms with van der Waals surface area (Å²) in [6, 6.07) is 2.04. The summed E-state index contributed by atoms with van der Waals surface area (Å²) < 4.78 is 1.40. The van der Waals surface area contributed by atoms with E-state index in [-0.39, 0.29) is 11.5 Å². The van der Waals surface area contributed by atoms with Crippen LogP contribution in [0.5, 0.6) is 0 Å². The molecule has 1 aliphatic heterocycles. The smallest absolute Gasteiger partial charge is 0.275 e. The van der Waals surface area contributed by atoms with Gasteiger partial charge < -0.3 is 4.90 Å². The zero-order valence-electron chi connectivity index (χ0n) is 15.5. The molecule has 2 fully saturated rings. The van der Waals surface area contributed by atoms with Gasteiger partial charge in [0, 0.05) is 38.7 Å². The van der Waals surface area contributed by atoms with E-state index in [1.807, 2.05) is 18.9 Å². The Bertz CT molecular complexity index is 891. The van der Waals surface area contributed by atoms with E-state index >= 15 is 0 Å². The molecule has 1 saturated carbocycles. The second-order valence-corrected chi connectivity index (χ2v) is 8.71. The molecule has 3 atom stereocenters. The molecule has 1 saturated heterocycles. The third-order valence-corrected chi connectivity index (χ3v) is 6.92. The van der Waals surface area contributed by atoms with Gasteiger partial charge in [-0.05, 0) is 38.1 Å². The Kier molecular flexibility index (Phi) is 4.56. The fraction of sp³-hybridized carbons (Fsp3) is 0.667. The van der Waals surface area contributed by atoms with Gasteiger partial charge in [-0.2, -0.15) is 9.61 Å². The predicted molar refractivity (Wildman–Crippen MR) is 100 cm³/mol. The maximum atomic E-state index is 12.3. The van der Waals surface area contributed by atoms with Crippen molar-refractivity contribution in [3.05, 3.63) is 27.1 Å². The van der Waals surface area contributed by atoms with Crippen LogP contribution in [-0.4, -0.2) is 57.0 Å². The van der Waals surface area contributed by atoms with Crippen LogP contribution in [0.1, 0.15) is 36.9 Å². The summed E-state index contributed by atoms with van der Waals surface area (Å²) in [6.45, 7) is 3.55. The number of fused-ring (bicyclic) bond motifs is 2. The van der Waals surface area contributed by atoms with Crippen LogP contribution >= 0.6 is 11.3 Å². The fourth-order valence-corrected chi connectivity index (χ4v) is 5.21. The lowest BCUT2D eigenvalue weighted by molar-refractivity contribution is -0.134. The average Bonchev–Trinajstić information content (AvgIpc) is 3.19. The Labute approximate surface area is 156 Å². The first-order valence-corrected chi connectivity index (χ1v) is 10.1. The molecule has 26 heavy (non-hydrogen) atoms. The maximum absolute atomic E-state index is 12.3. The number of aryl methyl sites for hydroxylation is 1. The molecule has 7 nitrogen and oxygen atoms in total. The lowest BCUT2D eigenvalue weighted by atomic mass is 9.88. The minimum Gasteiger partial charge on any atom is -0.345 e. The van der Waals surface area contributed by atoms with Crippen LogP contribution in [0.3, 0.4) is 0 Å². The molecule has 0 unspecified atom stereocenters. The SMILES string of the molecule is CCc1nn2c(=O)cc(CN(C)[C@@H]3C[C@@H]4CC(=O)N(C)C[C@@H]4C3)nc2s1. The van der Waals surface area contributed by atoms with Crippen LogP contribution in [-0.2, 0) is 17.8 Å².